The number of anilines is 2. The fourth-order valence-corrected chi connectivity index (χ4v) is 6.12. The van der Waals surface area contributed by atoms with E-state index in [-0.39, 0.29) is 11.4 Å². The normalized spacial score (nSPS) is 12.5. The van der Waals surface area contributed by atoms with Gasteiger partial charge in [0.1, 0.15) is 12.3 Å². The lowest BCUT2D eigenvalue weighted by Gasteiger charge is -2.24. The molecule has 184 valence electrons. The molecule has 0 unspecified atom stereocenters. The Kier molecular flexibility index (Phi) is 6.41. The summed E-state index contributed by atoms with van der Waals surface area (Å²) in [6.07, 6.45) is 1.98. The van der Waals surface area contributed by atoms with E-state index in [4.69, 9.17) is 4.74 Å². The van der Waals surface area contributed by atoms with Crippen molar-refractivity contribution in [3.63, 3.8) is 0 Å². The molecule has 0 radical (unpaired) electrons. The number of ether oxygens (including phenoxy) is 1. The van der Waals surface area contributed by atoms with Gasteiger partial charge in [0, 0.05) is 11.1 Å². The summed E-state index contributed by atoms with van der Waals surface area (Å²) in [5, 5.41) is 5.12. The summed E-state index contributed by atoms with van der Waals surface area (Å²) in [5.41, 5.74) is 4.57. The van der Waals surface area contributed by atoms with Crippen LogP contribution in [0, 0.1) is 6.92 Å². The molecule has 0 aliphatic heterocycles. The summed E-state index contributed by atoms with van der Waals surface area (Å²) in [4.78, 5) is 13.4. The maximum absolute atomic E-state index is 13.7. The molecule has 36 heavy (non-hydrogen) atoms. The average molecular weight is 501 g/mol. The molecule has 1 amide bonds. The highest BCUT2D eigenvalue weighted by Gasteiger charge is 2.28. The summed E-state index contributed by atoms with van der Waals surface area (Å²) < 4.78 is 34.0. The summed E-state index contributed by atoms with van der Waals surface area (Å²) in [7, 11) is -4.00. The Morgan fingerprint density at radius 1 is 0.917 bits per heavy atom. The number of amides is 1. The van der Waals surface area contributed by atoms with Gasteiger partial charge in [0.25, 0.3) is 10.0 Å². The highest BCUT2D eigenvalue weighted by Crippen LogP contribution is 2.35. The fourth-order valence-electron chi connectivity index (χ4n) is 4.70. The molecule has 0 fully saturated rings. The topological polar surface area (TPSA) is 75.7 Å². The van der Waals surface area contributed by atoms with Crippen molar-refractivity contribution in [2.45, 2.75) is 31.6 Å². The second-order valence-electron chi connectivity index (χ2n) is 8.91. The molecular formula is C29H28N2O4S. The first kappa shape index (κ1) is 23.9. The number of sulfonamides is 1. The third-order valence-corrected chi connectivity index (χ3v) is 8.27. The molecule has 0 aromatic heterocycles. The van der Waals surface area contributed by atoms with Crippen molar-refractivity contribution in [1.29, 1.82) is 0 Å². The molecule has 6 nitrogen and oxygen atoms in total. The third kappa shape index (κ3) is 4.54. The zero-order valence-electron chi connectivity index (χ0n) is 20.3. The van der Waals surface area contributed by atoms with Crippen molar-refractivity contribution in [1.82, 2.24) is 0 Å². The van der Waals surface area contributed by atoms with Crippen LogP contribution in [0.2, 0.25) is 0 Å². The first-order chi connectivity index (χ1) is 17.4. The molecule has 4 aromatic rings. The van der Waals surface area contributed by atoms with E-state index in [1.807, 2.05) is 38.1 Å². The van der Waals surface area contributed by atoms with Gasteiger partial charge in [-0.15, -0.1) is 0 Å². The van der Waals surface area contributed by atoms with Crippen molar-refractivity contribution < 1.29 is 17.9 Å². The molecule has 0 saturated heterocycles. The lowest BCUT2D eigenvalue weighted by atomic mass is 10.0. The maximum Gasteiger partial charge on any atom is 0.264 e. The number of hydrogen-bond acceptors (Lipinski definition) is 4. The third-order valence-electron chi connectivity index (χ3n) is 6.48. The Labute approximate surface area is 211 Å². The van der Waals surface area contributed by atoms with Gasteiger partial charge in [0.2, 0.25) is 5.91 Å². The lowest BCUT2D eigenvalue weighted by molar-refractivity contribution is -0.114. The number of nitrogens with zero attached hydrogens (tertiary/aromatic N) is 1. The molecule has 7 heteroatoms. The summed E-state index contributed by atoms with van der Waals surface area (Å²) in [5.74, 6) is 0.213. The van der Waals surface area contributed by atoms with Crippen LogP contribution in [0.3, 0.4) is 0 Å². The highest BCUT2D eigenvalue weighted by molar-refractivity contribution is 7.92. The van der Waals surface area contributed by atoms with Crippen LogP contribution in [-0.2, 0) is 27.7 Å². The van der Waals surface area contributed by atoms with Gasteiger partial charge in [-0.1, -0.05) is 42.0 Å². The van der Waals surface area contributed by atoms with E-state index in [1.54, 1.807) is 48.5 Å². The standard InChI is InChI=1S/C29H28N2O4S/c1-3-35-24-14-12-23(13-15-24)31(36(33,34)25-16-7-20(2)8-17-25)19-28(32)30-27-18-11-22-10-9-21-5-4-6-26(27)29(21)22/h4-8,11-18H,3,9-10,19H2,1-2H3,(H,30,32). The minimum absolute atomic E-state index is 0.125. The fraction of sp³-hybridized carbons (Fsp3) is 0.207. The second kappa shape index (κ2) is 9.66. The minimum Gasteiger partial charge on any atom is -0.494 e. The average Bonchev–Trinajstić information content (AvgIpc) is 3.30. The van der Waals surface area contributed by atoms with Gasteiger partial charge in [-0.3, -0.25) is 9.10 Å². The summed E-state index contributed by atoms with van der Waals surface area (Å²) in [6.45, 7) is 3.91. The number of aryl methyl sites for hydroxylation is 3. The largest absolute Gasteiger partial charge is 0.494 e. The molecule has 0 heterocycles. The van der Waals surface area contributed by atoms with Crippen LogP contribution in [-0.4, -0.2) is 27.5 Å². The molecule has 5 rings (SSSR count). The zero-order valence-corrected chi connectivity index (χ0v) is 21.1. The van der Waals surface area contributed by atoms with Gasteiger partial charge in [0.05, 0.1) is 17.2 Å². The van der Waals surface area contributed by atoms with Gasteiger partial charge in [-0.05, 0) is 85.7 Å². The van der Waals surface area contributed by atoms with Crippen molar-refractivity contribution in [2.75, 3.05) is 22.8 Å². The summed E-state index contributed by atoms with van der Waals surface area (Å²) in [6, 6.07) is 23.4. The molecule has 1 aliphatic rings. The Bertz CT molecular complexity index is 1520. The number of rotatable bonds is 8. The Hall–Kier alpha value is -3.84. The van der Waals surface area contributed by atoms with E-state index in [1.165, 1.54) is 16.5 Å². The van der Waals surface area contributed by atoms with Crippen LogP contribution < -0.4 is 14.4 Å². The van der Waals surface area contributed by atoms with Gasteiger partial charge in [-0.2, -0.15) is 0 Å². The van der Waals surface area contributed by atoms with E-state index < -0.39 is 15.9 Å². The predicted molar refractivity (Wildman–Crippen MR) is 143 cm³/mol. The molecule has 0 bridgehead atoms. The van der Waals surface area contributed by atoms with Crippen LogP contribution >= 0.6 is 0 Å². The van der Waals surface area contributed by atoms with Gasteiger partial charge in [0.15, 0.2) is 0 Å². The molecule has 0 spiro atoms. The van der Waals surface area contributed by atoms with Crippen LogP contribution in [0.15, 0.2) is 83.8 Å². The lowest BCUT2D eigenvalue weighted by Crippen LogP contribution is -2.38. The van der Waals surface area contributed by atoms with Crippen molar-refractivity contribution in [3.05, 3.63) is 95.6 Å². The first-order valence-corrected chi connectivity index (χ1v) is 13.5. The Morgan fingerprint density at radius 3 is 2.31 bits per heavy atom. The Morgan fingerprint density at radius 2 is 1.61 bits per heavy atom. The van der Waals surface area contributed by atoms with E-state index in [0.29, 0.717) is 23.7 Å². The number of carbonyl (C=O) groups is 1. The van der Waals surface area contributed by atoms with E-state index in [9.17, 15) is 13.2 Å². The van der Waals surface area contributed by atoms with Gasteiger partial charge in [-0.25, -0.2) is 8.42 Å². The van der Waals surface area contributed by atoms with Crippen LogP contribution in [0.1, 0.15) is 23.6 Å². The molecule has 0 atom stereocenters. The first-order valence-electron chi connectivity index (χ1n) is 12.0. The van der Waals surface area contributed by atoms with Crippen molar-refractivity contribution in [3.8, 4) is 5.75 Å². The minimum atomic E-state index is -4.00. The highest BCUT2D eigenvalue weighted by atomic mass is 32.2. The summed E-state index contributed by atoms with van der Waals surface area (Å²) >= 11 is 0. The van der Waals surface area contributed by atoms with E-state index >= 15 is 0 Å². The number of hydrogen-bond donors (Lipinski definition) is 1. The predicted octanol–water partition coefficient (Wildman–Crippen LogP) is 5.48. The molecule has 0 saturated carbocycles. The maximum atomic E-state index is 13.7. The molecule has 1 N–H and O–H groups in total. The number of benzene rings is 4. The SMILES string of the molecule is CCOc1ccc(N(CC(=O)Nc2ccc3c4c(cccc24)CC3)S(=O)(=O)c2ccc(C)cc2)cc1. The van der Waals surface area contributed by atoms with Crippen LogP contribution in [0.4, 0.5) is 11.4 Å². The van der Waals surface area contributed by atoms with E-state index in [2.05, 4.69) is 11.4 Å². The zero-order chi connectivity index (χ0) is 25.3. The molecule has 4 aromatic carbocycles. The quantitative estimate of drug-likeness (QED) is 0.348. The van der Waals surface area contributed by atoms with Crippen LogP contribution in [0.5, 0.6) is 5.75 Å². The smallest absolute Gasteiger partial charge is 0.264 e. The molecule has 1 aliphatic carbocycles. The van der Waals surface area contributed by atoms with Crippen molar-refractivity contribution in [2.24, 2.45) is 0 Å². The van der Waals surface area contributed by atoms with E-state index in [0.717, 1.165) is 28.1 Å². The van der Waals surface area contributed by atoms with Crippen LogP contribution in [0.25, 0.3) is 10.8 Å². The van der Waals surface area contributed by atoms with Gasteiger partial charge >= 0.3 is 0 Å². The van der Waals surface area contributed by atoms with Crippen molar-refractivity contribution >= 4 is 38.1 Å². The molecular weight excluding hydrogens is 472 g/mol. The monoisotopic (exact) mass is 500 g/mol. The van der Waals surface area contributed by atoms with Gasteiger partial charge < -0.3 is 10.1 Å². The Balaban J connectivity index is 1.48. The number of carbonyl (C=O) groups excluding carboxylic acids is 1. The number of nitrogens with one attached hydrogen (secondary N) is 1. The second-order valence-corrected chi connectivity index (χ2v) is 10.8.